The fraction of sp³-hybridized carbons (Fsp3) is 0.417. The van der Waals surface area contributed by atoms with Crippen molar-refractivity contribution in [2.24, 2.45) is 5.73 Å². The molecule has 0 saturated carbocycles. The molecule has 0 spiro atoms. The smallest absolute Gasteiger partial charge is 0.238 e. The summed E-state index contributed by atoms with van der Waals surface area (Å²) in [6, 6.07) is 3.02. The Morgan fingerprint density at radius 2 is 2.06 bits per heavy atom. The van der Waals surface area contributed by atoms with E-state index in [2.05, 4.69) is 5.32 Å². The van der Waals surface area contributed by atoms with E-state index in [0.29, 0.717) is 6.54 Å². The Balaban J connectivity index is 1.90. The van der Waals surface area contributed by atoms with Crippen LogP contribution < -0.4 is 11.1 Å². The molecule has 0 aliphatic carbocycles. The van der Waals surface area contributed by atoms with E-state index in [-0.39, 0.29) is 24.2 Å². The van der Waals surface area contributed by atoms with Gasteiger partial charge in [-0.15, -0.1) is 0 Å². The summed E-state index contributed by atoms with van der Waals surface area (Å²) in [5.41, 5.74) is 5.85. The van der Waals surface area contributed by atoms with Crippen LogP contribution in [0.1, 0.15) is 6.42 Å². The van der Waals surface area contributed by atoms with E-state index < -0.39 is 11.6 Å². The molecule has 1 fully saturated rings. The lowest BCUT2D eigenvalue weighted by Crippen LogP contribution is -2.33. The zero-order valence-electron chi connectivity index (χ0n) is 9.83. The van der Waals surface area contributed by atoms with Gasteiger partial charge in [0.1, 0.15) is 11.6 Å². The maximum Gasteiger partial charge on any atom is 0.238 e. The number of carbonyl (C=O) groups excluding carboxylic acids is 1. The van der Waals surface area contributed by atoms with E-state index in [4.69, 9.17) is 5.73 Å². The molecule has 1 heterocycles. The molecular weight excluding hydrogens is 240 g/mol. The fourth-order valence-electron chi connectivity index (χ4n) is 2.04. The number of likely N-dealkylation sites (tertiary alicyclic amines) is 1. The van der Waals surface area contributed by atoms with E-state index in [9.17, 15) is 13.6 Å². The summed E-state index contributed by atoms with van der Waals surface area (Å²) >= 11 is 0. The monoisotopic (exact) mass is 255 g/mol. The lowest BCUT2D eigenvalue weighted by molar-refractivity contribution is -0.117. The van der Waals surface area contributed by atoms with Crippen molar-refractivity contribution in [3.63, 3.8) is 0 Å². The molecule has 1 amide bonds. The van der Waals surface area contributed by atoms with Gasteiger partial charge in [-0.25, -0.2) is 8.78 Å². The van der Waals surface area contributed by atoms with Crippen molar-refractivity contribution in [1.29, 1.82) is 0 Å². The standard InChI is InChI=1S/C12H15F2N3O/c13-8-3-9(14)5-11(4-8)16-12(18)7-17-2-1-10(15)6-17/h3-5,10H,1-2,6-7,15H2,(H,16,18)/t10-/m0/s1. The Labute approximate surface area is 104 Å². The largest absolute Gasteiger partial charge is 0.326 e. The lowest BCUT2D eigenvalue weighted by atomic mass is 10.3. The summed E-state index contributed by atoms with van der Waals surface area (Å²) in [5.74, 6) is -1.73. The van der Waals surface area contributed by atoms with Crippen LogP contribution in [0.15, 0.2) is 18.2 Å². The van der Waals surface area contributed by atoms with Crippen molar-refractivity contribution in [2.75, 3.05) is 25.0 Å². The van der Waals surface area contributed by atoms with Gasteiger partial charge < -0.3 is 11.1 Å². The summed E-state index contributed by atoms with van der Waals surface area (Å²) in [4.78, 5) is 13.6. The van der Waals surface area contributed by atoms with Gasteiger partial charge in [-0.2, -0.15) is 0 Å². The van der Waals surface area contributed by atoms with Gasteiger partial charge in [0.15, 0.2) is 0 Å². The number of carbonyl (C=O) groups is 1. The Morgan fingerprint density at radius 3 is 2.61 bits per heavy atom. The van der Waals surface area contributed by atoms with Gasteiger partial charge in [0.05, 0.1) is 6.54 Å². The van der Waals surface area contributed by atoms with Crippen LogP contribution in [-0.4, -0.2) is 36.5 Å². The Bertz CT molecular complexity index is 433. The molecule has 1 aliphatic rings. The van der Waals surface area contributed by atoms with Gasteiger partial charge >= 0.3 is 0 Å². The number of nitrogens with two attached hydrogens (primary N) is 1. The first kappa shape index (κ1) is 12.9. The van der Waals surface area contributed by atoms with Crippen LogP contribution in [0.2, 0.25) is 0 Å². The molecule has 1 aliphatic heterocycles. The highest BCUT2D eigenvalue weighted by atomic mass is 19.1. The van der Waals surface area contributed by atoms with Gasteiger partial charge in [-0.1, -0.05) is 0 Å². The number of benzene rings is 1. The number of hydrogen-bond acceptors (Lipinski definition) is 3. The summed E-state index contributed by atoms with van der Waals surface area (Å²) in [7, 11) is 0. The van der Waals surface area contributed by atoms with Crippen LogP contribution in [0.4, 0.5) is 14.5 Å². The van der Waals surface area contributed by atoms with Crippen molar-refractivity contribution in [1.82, 2.24) is 4.90 Å². The van der Waals surface area contributed by atoms with Gasteiger partial charge in [-0.3, -0.25) is 9.69 Å². The predicted molar refractivity (Wildman–Crippen MR) is 64.0 cm³/mol. The Morgan fingerprint density at radius 1 is 1.39 bits per heavy atom. The second-order valence-corrected chi connectivity index (χ2v) is 4.49. The third kappa shape index (κ3) is 3.48. The zero-order chi connectivity index (χ0) is 13.1. The van der Waals surface area contributed by atoms with Gasteiger partial charge in [0.25, 0.3) is 0 Å². The number of nitrogens with zero attached hydrogens (tertiary/aromatic N) is 1. The number of nitrogens with one attached hydrogen (secondary N) is 1. The van der Waals surface area contributed by atoms with Gasteiger partial charge in [-0.05, 0) is 18.6 Å². The topological polar surface area (TPSA) is 58.4 Å². The van der Waals surface area contributed by atoms with E-state index >= 15 is 0 Å². The molecule has 0 radical (unpaired) electrons. The molecule has 0 aromatic heterocycles. The molecule has 0 unspecified atom stereocenters. The molecule has 1 saturated heterocycles. The van der Waals surface area contributed by atoms with Crippen LogP contribution in [0.3, 0.4) is 0 Å². The molecule has 3 N–H and O–H groups in total. The molecule has 0 bridgehead atoms. The highest BCUT2D eigenvalue weighted by Crippen LogP contribution is 2.13. The lowest BCUT2D eigenvalue weighted by Gasteiger charge is -2.14. The SMILES string of the molecule is N[C@H]1CCN(CC(=O)Nc2cc(F)cc(F)c2)C1. The highest BCUT2D eigenvalue weighted by Gasteiger charge is 2.21. The third-order valence-electron chi connectivity index (χ3n) is 2.82. The molecule has 4 nitrogen and oxygen atoms in total. The minimum Gasteiger partial charge on any atom is -0.326 e. The molecule has 2 rings (SSSR count). The van der Waals surface area contributed by atoms with Gasteiger partial charge in [0.2, 0.25) is 5.91 Å². The van der Waals surface area contributed by atoms with Crippen LogP contribution in [-0.2, 0) is 4.79 Å². The number of halogens is 2. The van der Waals surface area contributed by atoms with Crippen molar-refractivity contribution >= 4 is 11.6 Å². The summed E-state index contributed by atoms with van der Waals surface area (Å²) in [6.45, 7) is 1.63. The zero-order valence-corrected chi connectivity index (χ0v) is 9.83. The minimum atomic E-state index is -0.714. The second kappa shape index (κ2) is 5.41. The van der Waals surface area contributed by atoms with Crippen molar-refractivity contribution < 1.29 is 13.6 Å². The second-order valence-electron chi connectivity index (χ2n) is 4.49. The minimum absolute atomic E-state index is 0.101. The first-order valence-corrected chi connectivity index (χ1v) is 5.77. The van der Waals surface area contributed by atoms with E-state index in [1.54, 1.807) is 0 Å². The average Bonchev–Trinajstić information content (AvgIpc) is 2.61. The van der Waals surface area contributed by atoms with Gasteiger partial charge in [0, 0.05) is 30.9 Å². The molecule has 98 valence electrons. The number of rotatable bonds is 3. The van der Waals surface area contributed by atoms with E-state index in [1.165, 1.54) is 0 Å². The Hall–Kier alpha value is -1.53. The quantitative estimate of drug-likeness (QED) is 0.845. The van der Waals surface area contributed by atoms with Crippen molar-refractivity contribution in [3.8, 4) is 0 Å². The first-order valence-electron chi connectivity index (χ1n) is 5.77. The maximum atomic E-state index is 12.9. The van der Waals surface area contributed by atoms with Crippen LogP contribution in [0.5, 0.6) is 0 Å². The molecule has 6 heteroatoms. The average molecular weight is 255 g/mol. The maximum absolute atomic E-state index is 12.9. The molecule has 1 atom stereocenters. The Kier molecular flexibility index (Phi) is 3.88. The van der Waals surface area contributed by atoms with Crippen molar-refractivity contribution in [2.45, 2.75) is 12.5 Å². The number of hydrogen-bond donors (Lipinski definition) is 2. The third-order valence-corrected chi connectivity index (χ3v) is 2.82. The summed E-state index contributed by atoms with van der Waals surface area (Å²) < 4.78 is 25.8. The number of anilines is 1. The normalized spacial score (nSPS) is 20.1. The van der Waals surface area contributed by atoms with Crippen LogP contribution in [0.25, 0.3) is 0 Å². The van der Waals surface area contributed by atoms with Crippen molar-refractivity contribution in [3.05, 3.63) is 29.8 Å². The molecular formula is C12H15F2N3O. The fourth-order valence-corrected chi connectivity index (χ4v) is 2.04. The van der Waals surface area contributed by atoms with E-state index in [1.807, 2.05) is 4.90 Å². The molecule has 1 aromatic rings. The van der Waals surface area contributed by atoms with Crippen LogP contribution in [0, 0.1) is 11.6 Å². The number of amides is 1. The molecule has 18 heavy (non-hydrogen) atoms. The summed E-state index contributed by atoms with van der Waals surface area (Å²) in [5, 5.41) is 2.46. The van der Waals surface area contributed by atoms with Crippen LogP contribution >= 0.6 is 0 Å². The predicted octanol–water partition coefficient (Wildman–Crippen LogP) is 0.936. The molecule has 1 aromatic carbocycles. The van der Waals surface area contributed by atoms with E-state index in [0.717, 1.165) is 31.2 Å². The highest BCUT2D eigenvalue weighted by molar-refractivity contribution is 5.92. The summed E-state index contributed by atoms with van der Waals surface area (Å²) in [6.07, 6.45) is 0.863. The first-order chi connectivity index (χ1) is 8.52.